The molecule has 6 nitrogen and oxygen atoms in total. The highest BCUT2D eigenvalue weighted by molar-refractivity contribution is 8.01. The molecule has 3 rings (SSSR count). The minimum atomic E-state index is -0.571. The lowest BCUT2D eigenvalue weighted by molar-refractivity contribution is -0.132. The van der Waals surface area contributed by atoms with Gasteiger partial charge in [0.15, 0.2) is 4.34 Å². The fourth-order valence-corrected chi connectivity index (χ4v) is 4.52. The van der Waals surface area contributed by atoms with Crippen LogP contribution in [0, 0.1) is 12.8 Å². The van der Waals surface area contributed by atoms with Crippen LogP contribution < -0.4 is 10.2 Å². The Morgan fingerprint density at radius 3 is 2.88 bits per heavy atom. The Morgan fingerprint density at radius 1 is 1.36 bits per heavy atom. The van der Waals surface area contributed by atoms with Gasteiger partial charge in [-0.1, -0.05) is 41.3 Å². The highest BCUT2D eigenvalue weighted by Crippen LogP contribution is 2.25. The highest BCUT2D eigenvalue weighted by atomic mass is 32.2. The number of aromatic nitrogens is 2. The van der Waals surface area contributed by atoms with Crippen molar-refractivity contribution in [2.75, 3.05) is 23.7 Å². The molecule has 132 valence electrons. The molecule has 0 unspecified atom stereocenters. The molecule has 1 aliphatic heterocycles. The molecule has 0 bridgehead atoms. The van der Waals surface area contributed by atoms with E-state index in [9.17, 15) is 9.59 Å². The average molecular weight is 377 g/mol. The van der Waals surface area contributed by atoms with Gasteiger partial charge in [-0.3, -0.25) is 9.59 Å². The number of nitrogens with zero attached hydrogens (tertiary/aromatic N) is 3. The highest BCUT2D eigenvalue weighted by Gasteiger charge is 2.37. The van der Waals surface area contributed by atoms with E-state index in [1.54, 1.807) is 28.0 Å². The van der Waals surface area contributed by atoms with Crippen LogP contribution >= 0.6 is 23.1 Å². The van der Waals surface area contributed by atoms with Crippen LogP contribution in [0.3, 0.4) is 0 Å². The van der Waals surface area contributed by atoms with E-state index in [4.69, 9.17) is 0 Å². The average Bonchev–Trinajstić information content (AvgIpc) is 3.21. The summed E-state index contributed by atoms with van der Waals surface area (Å²) in [5, 5.41) is 11.9. The van der Waals surface area contributed by atoms with Gasteiger partial charge >= 0.3 is 0 Å². The molecule has 0 spiro atoms. The second-order valence-electron chi connectivity index (χ2n) is 5.75. The number of nitrogens with one attached hydrogen (secondary N) is 1. The lowest BCUT2D eigenvalue weighted by Crippen LogP contribution is -2.37. The first kappa shape index (κ1) is 17.9. The molecule has 1 fully saturated rings. The summed E-state index contributed by atoms with van der Waals surface area (Å²) in [4.78, 5) is 26.4. The third-order valence-electron chi connectivity index (χ3n) is 3.94. The number of carbonyl (C=O) groups is 2. The maximum Gasteiger partial charge on any atom is 0.239 e. The first-order chi connectivity index (χ1) is 12.1. The van der Waals surface area contributed by atoms with E-state index in [0.29, 0.717) is 19.5 Å². The third-order valence-corrected chi connectivity index (χ3v) is 6.00. The van der Waals surface area contributed by atoms with Crippen molar-refractivity contribution in [3.05, 3.63) is 35.3 Å². The van der Waals surface area contributed by atoms with E-state index in [1.165, 1.54) is 0 Å². The fraction of sp³-hybridized carbons (Fsp3) is 0.412. The lowest BCUT2D eigenvalue weighted by atomic mass is 10.1. The van der Waals surface area contributed by atoms with Gasteiger partial charge in [-0.25, -0.2) is 0 Å². The summed E-state index contributed by atoms with van der Waals surface area (Å²) in [6, 6.07) is 9.49. The summed E-state index contributed by atoms with van der Waals surface area (Å²) in [6.45, 7) is 3.09. The summed E-state index contributed by atoms with van der Waals surface area (Å²) in [5.74, 6) is 0.0187. The van der Waals surface area contributed by atoms with E-state index < -0.39 is 5.92 Å². The van der Waals surface area contributed by atoms with Crippen LogP contribution in [-0.4, -0.2) is 40.9 Å². The van der Waals surface area contributed by atoms with E-state index in [-0.39, 0.29) is 11.8 Å². The van der Waals surface area contributed by atoms with Gasteiger partial charge in [0.1, 0.15) is 10.9 Å². The van der Waals surface area contributed by atoms with Gasteiger partial charge < -0.3 is 10.2 Å². The van der Waals surface area contributed by atoms with Gasteiger partial charge in [0, 0.05) is 24.5 Å². The molecule has 1 saturated heterocycles. The molecule has 25 heavy (non-hydrogen) atoms. The van der Waals surface area contributed by atoms with Crippen molar-refractivity contribution in [3.8, 4) is 0 Å². The summed E-state index contributed by atoms with van der Waals surface area (Å²) in [5.41, 5.74) is 0.853. The molecule has 2 aromatic rings. The largest absolute Gasteiger partial charge is 0.355 e. The van der Waals surface area contributed by atoms with Crippen molar-refractivity contribution in [3.63, 3.8) is 0 Å². The molecule has 0 saturated carbocycles. The second kappa shape index (κ2) is 8.44. The van der Waals surface area contributed by atoms with Gasteiger partial charge in [-0.15, -0.1) is 10.2 Å². The third kappa shape index (κ3) is 4.58. The number of carbonyl (C=O) groups excluding carboxylic acids is 2. The molecule has 2 heterocycles. The van der Waals surface area contributed by atoms with Gasteiger partial charge in [0.05, 0.1) is 0 Å². The van der Waals surface area contributed by atoms with Crippen molar-refractivity contribution in [2.45, 2.75) is 24.1 Å². The van der Waals surface area contributed by atoms with E-state index in [2.05, 4.69) is 15.5 Å². The monoisotopic (exact) mass is 376 g/mol. The van der Waals surface area contributed by atoms with Crippen LogP contribution in [0.15, 0.2) is 34.7 Å². The molecular weight excluding hydrogens is 356 g/mol. The Labute approximate surface area is 155 Å². The minimum absolute atomic E-state index is 0.109. The molecular formula is C17H20N4O2S2. The summed E-state index contributed by atoms with van der Waals surface area (Å²) < 4.78 is 0.952. The van der Waals surface area contributed by atoms with Crippen molar-refractivity contribution in [2.24, 2.45) is 5.92 Å². The number of para-hydroxylation sites is 1. The second-order valence-corrected chi connectivity index (χ2v) is 8.27. The zero-order valence-electron chi connectivity index (χ0n) is 14.0. The fourth-order valence-electron chi connectivity index (χ4n) is 2.69. The van der Waals surface area contributed by atoms with Crippen LogP contribution in [0.5, 0.6) is 0 Å². The number of rotatable bonds is 7. The molecule has 1 aliphatic rings. The maximum atomic E-state index is 12.5. The predicted octanol–water partition coefficient (Wildman–Crippen LogP) is 2.50. The Balaban J connectivity index is 1.40. The standard InChI is InChI=1S/C17H20N4O2S2/c1-12-19-20-17(25-12)24-11-5-9-18-15(22)14-8-10-21(16(14)23)13-6-3-2-4-7-13/h2-4,6-7,14H,5,8-11H2,1H3,(H,18,22)/t14-/m1/s1. The molecule has 1 aromatic carbocycles. The molecule has 0 radical (unpaired) electrons. The van der Waals surface area contributed by atoms with E-state index in [1.807, 2.05) is 37.3 Å². The van der Waals surface area contributed by atoms with Crippen molar-refractivity contribution < 1.29 is 9.59 Å². The molecule has 1 atom stereocenters. The normalized spacial score (nSPS) is 17.1. The summed E-state index contributed by atoms with van der Waals surface area (Å²) in [6.07, 6.45) is 1.40. The number of anilines is 1. The maximum absolute atomic E-state index is 12.5. The smallest absolute Gasteiger partial charge is 0.239 e. The molecule has 1 aromatic heterocycles. The minimum Gasteiger partial charge on any atom is -0.355 e. The van der Waals surface area contributed by atoms with Gasteiger partial charge in [0.2, 0.25) is 11.8 Å². The number of aryl methyl sites for hydroxylation is 1. The quantitative estimate of drug-likeness (QED) is 0.456. The Hall–Kier alpha value is -1.93. The van der Waals surface area contributed by atoms with Gasteiger partial charge in [0.25, 0.3) is 0 Å². The topological polar surface area (TPSA) is 75.2 Å². The Bertz CT molecular complexity index is 735. The van der Waals surface area contributed by atoms with Gasteiger partial charge in [-0.2, -0.15) is 0 Å². The number of hydrogen-bond donors (Lipinski definition) is 1. The van der Waals surface area contributed by atoms with Crippen LogP contribution in [0.1, 0.15) is 17.8 Å². The van der Waals surface area contributed by atoms with Crippen LogP contribution in [0.4, 0.5) is 5.69 Å². The summed E-state index contributed by atoms with van der Waals surface area (Å²) in [7, 11) is 0. The van der Waals surface area contributed by atoms with E-state index in [0.717, 1.165) is 27.2 Å². The molecule has 1 N–H and O–H groups in total. The Kier molecular flexibility index (Phi) is 6.04. The molecule has 8 heteroatoms. The SMILES string of the molecule is Cc1nnc(SCCCNC(=O)[C@H]2CCN(c3ccccc3)C2=O)s1. The van der Waals surface area contributed by atoms with Crippen molar-refractivity contribution in [1.82, 2.24) is 15.5 Å². The zero-order chi connectivity index (χ0) is 17.6. The number of thioether (sulfide) groups is 1. The summed E-state index contributed by atoms with van der Waals surface area (Å²) >= 11 is 3.22. The number of amides is 2. The lowest BCUT2D eigenvalue weighted by Gasteiger charge is -2.16. The molecule has 2 amide bonds. The van der Waals surface area contributed by atoms with Gasteiger partial charge in [-0.05, 0) is 31.9 Å². The van der Waals surface area contributed by atoms with Crippen LogP contribution in [0.2, 0.25) is 0 Å². The van der Waals surface area contributed by atoms with Crippen LogP contribution in [0.25, 0.3) is 0 Å². The van der Waals surface area contributed by atoms with Crippen molar-refractivity contribution >= 4 is 40.6 Å². The van der Waals surface area contributed by atoms with E-state index >= 15 is 0 Å². The number of benzene rings is 1. The van der Waals surface area contributed by atoms with Crippen LogP contribution in [-0.2, 0) is 9.59 Å². The first-order valence-corrected chi connectivity index (χ1v) is 10.0. The number of hydrogen-bond acceptors (Lipinski definition) is 6. The predicted molar refractivity (Wildman–Crippen MR) is 99.9 cm³/mol. The first-order valence-electron chi connectivity index (χ1n) is 8.22. The zero-order valence-corrected chi connectivity index (χ0v) is 15.6. The molecule has 0 aliphatic carbocycles. The van der Waals surface area contributed by atoms with Crippen molar-refractivity contribution in [1.29, 1.82) is 0 Å². The Morgan fingerprint density at radius 2 is 2.16 bits per heavy atom.